The molecule has 0 aliphatic heterocycles. The van der Waals surface area contributed by atoms with Gasteiger partial charge < -0.3 is 15.3 Å². The number of carboxylic acids is 1. The first-order valence-electron chi connectivity index (χ1n) is 9.94. The number of carbonyl (C=O) groups is 1. The Morgan fingerprint density at radius 2 is 2.08 bits per heavy atom. The number of carboxylic acid groups (broad SMARTS) is 1. The molecule has 0 amide bonds. The average Bonchev–Trinajstić information content (AvgIpc) is 3.07. The van der Waals surface area contributed by atoms with Gasteiger partial charge in [-0.1, -0.05) is 35.5 Å². The van der Waals surface area contributed by atoms with Crippen molar-refractivity contribution in [3.8, 4) is 0 Å². The molecule has 3 N–H and O–H groups in total. The molecule has 0 bridgehead atoms. The van der Waals surface area contributed by atoms with Crippen LogP contribution < -0.4 is 0 Å². The van der Waals surface area contributed by atoms with Gasteiger partial charge in [0.25, 0.3) is 0 Å². The zero-order valence-corrected chi connectivity index (χ0v) is 16.1. The summed E-state index contributed by atoms with van der Waals surface area (Å²) in [6.07, 6.45) is 13.9. The number of unbranched alkanes of at least 4 members (excludes halogenated alkanes) is 1. The summed E-state index contributed by atoms with van der Waals surface area (Å²) >= 11 is 0. The van der Waals surface area contributed by atoms with Crippen molar-refractivity contribution in [3.05, 3.63) is 35.5 Å². The molecule has 0 aromatic heterocycles. The zero-order chi connectivity index (χ0) is 19.1. The van der Waals surface area contributed by atoms with Gasteiger partial charge in [0.2, 0.25) is 0 Å². The number of rotatable bonds is 10. The summed E-state index contributed by atoms with van der Waals surface area (Å²) in [6.45, 7) is 4.06. The van der Waals surface area contributed by atoms with Gasteiger partial charge in [0, 0.05) is 12.3 Å². The molecule has 1 saturated carbocycles. The smallest absolute Gasteiger partial charge is 0.303 e. The van der Waals surface area contributed by atoms with E-state index in [9.17, 15) is 15.0 Å². The first kappa shape index (κ1) is 20.9. The fourth-order valence-electron chi connectivity index (χ4n) is 4.28. The summed E-state index contributed by atoms with van der Waals surface area (Å²) in [7, 11) is 0. The third-order valence-electron chi connectivity index (χ3n) is 5.65. The minimum atomic E-state index is -0.720. The number of hydrogen-bond acceptors (Lipinski definition) is 3. The second-order valence-corrected chi connectivity index (χ2v) is 8.17. The van der Waals surface area contributed by atoms with E-state index in [1.165, 1.54) is 11.1 Å². The Morgan fingerprint density at radius 1 is 1.31 bits per heavy atom. The van der Waals surface area contributed by atoms with Gasteiger partial charge in [0.15, 0.2) is 0 Å². The number of aliphatic hydroxyl groups excluding tert-OH is 2. The van der Waals surface area contributed by atoms with E-state index in [1.807, 2.05) is 19.9 Å². The highest BCUT2D eigenvalue weighted by atomic mass is 16.4. The van der Waals surface area contributed by atoms with Crippen LogP contribution in [0.4, 0.5) is 0 Å². The fraction of sp³-hybridized carbons (Fsp3) is 0.682. The summed E-state index contributed by atoms with van der Waals surface area (Å²) in [4.78, 5) is 10.6. The van der Waals surface area contributed by atoms with Crippen molar-refractivity contribution in [2.24, 2.45) is 17.8 Å². The maximum absolute atomic E-state index is 10.6. The largest absolute Gasteiger partial charge is 0.481 e. The van der Waals surface area contributed by atoms with Crippen LogP contribution >= 0.6 is 0 Å². The van der Waals surface area contributed by atoms with Gasteiger partial charge >= 0.3 is 5.97 Å². The van der Waals surface area contributed by atoms with E-state index in [0.29, 0.717) is 24.7 Å². The lowest BCUT2D eigenvalue weighted by Gasteiger charge is -2.18. The summed E-state index contributed by atoms with van der Waals surface area (Å²) in [6, 6.07) is 0. The predicted octanol–water partition coefficient (Wildman–Crippen LogP) is 4.24. The number of allylic oxidation sites excluding steroid dienone is 3. The summed E-state index contributed by atoms with van der Waals surface area (Å²) < 4.78 is 0. The number of fused-ring (bicyclic) bond motifs is 1. The standard InChI is InChI=1S/C22H34O4/c1-15(2)10-11-18(23)7-5-8-19-20-13-16(6-3-4-9-22(25)26)12-17(20)14-21(19)24/h5,8,10,12,17-21,23-24H,3-4,6-7,9,11,13-14H2,1-2H3,(H,25,26)/b8-5+/t17-,18?,19-,20-,21+/m0/s1. The predicted molar refractivity (Wildman–Crippen MR) is 104 cm³/mol. The van der Waals surface area contributed by atoms with Gasteiger partial charge in [0.1, 0.15) is 0 Å². The first-order chi connectivity index (χ1) is 12.4. The molecule has 4 heteroatoms. The highest BCUT2D eigenvalue weighted by Crippen LogP contribution is 2.48. The molecule has 0 aromatic carbocycles. The Kier molecular flexibility index (Phi) is 8.11. The van der Waals surface area contributed by atoms with Crippen LogP contribution in [0.15, 0.2) is 35.5 Å². The molecule has 4 nitrogen and oxygen atoms in total. The van der Waals surface area contributed by atoms with Gasteiger partial charge in [-0.05, 0) is 70.6 Å². The van der Waals surface area contributed by atoms with E-state index in [1.54, 1.807) is 0 Å². The average molecular weight is 363 g/mol. The molecule has 0 spiro atoms. The van der Waals surface area contributed by atoms with Gasteiger partial charge in [-0.3, -0.25) is 4.79 Å². The Bertz CT molecular complexity index is 556. The molecule has 2 aliphatic rings. The minimum Gasteiger partial charge on any atom is -0.481 e. The van der Waals surface area contributed by atoms with Crippen LogP contribution in [0.3, 0.4) is 0 Å². The number of aliphatic carboxylic acids is 1. The third kappa shape index (κ3) is 6.40. The van der Waals surface area contributed by atoms with Crippen molar-refractivity contribution in [1.82, 2.24) is 0 Å². The molecule has 5 atom stereocenters. The molecule has 2 aliphatic carbocycles. The molecule has 2 rings (SSSR count). The third-order valence-corrected chi connectivity index (χ3v) is 5.65. The van der Waals surface area contributed by atoms with Gasteiger partial charge in [-0.25, -0.2) is 0 Å². The summed E-state index contributed by atoms with van der Waals surface area (Å²) in [5.74, 6) is 0.362. The summed E-state index contributed by atoms with van der Waals surface area (Å²) in [5, 5.41) is 29.1. The van der Waals surface area contributed by atoms with Crippen LogP contribution in [-0.4, -0.2) is 33.5 Å². The maximum Gasteiger partial charge on any atom is 0.303 e. The van der Waals surface area contributed by atoms with E-state index in [-0.39, 0.29) is 24.5 Å². The van der Waals surface area contributed by atoms with Crippen LogP contribution in [0.25, 0.3) is 0 Å². The van der Waals surface area contributed by atoms with E-state index in [2.05, 4.69) is 18.2 Å². The lowest BCUT2D eigenvalue weighted by atomic mass is 9.88. The molecular weight excluding hydrogens is 328 g/mol. The topological polar surface area (TPSA) is 77.8 Å². The second kappa shape index (κ2) is 10.1. The van der Waals surface area contributed by atoms with E-state index < -0.39 is 5.97 Å². The highest BCUT2D eigenvalue weighted by molar-refractivity contribution is 5.66. The number of hydrogen-bond donors (Lipinski definition) is 3. The van der Waals surface area contributed by atoms with Crippen molar-refractivity contribution in [1.29, 1.82) is 0 Å². The van der Waals surface area contributed by atoms with Crippen LogP contribution in [-0.2, 0) is 4.79 Å². The van der Waals surface area contributed by atoms with Crippen molar-refractivity contribution >= 4 is 5.97 Å². The van der Waals surface area contributed by atoms with E-state index in [4.69, 9.17) is 5.11 Å². The molecule has 0 radical (unpaired) electrons. The van der Waals surface area contributed by atoms with Crippen molar-refractivity contribution in [2.75, 3.05) is 0 Å². The zero-order valence-electron chi connectivity index (χ0n) is 16.1. The molecule has 0 heterocycles. The van der Waals surface area contributed by atoms with Crippen LogP contribution in [0.1, 0.15) is 65.2 Å². The lowest BCUT2D eigenvalue weighted by molar-refractivity contribution is -0.137. The lowest BCUT2D eigenvalue weighted by Crippen LogP contribution is -2.17. The Morgan fingerprint density at radius 3 is 2.77 bits per heavy atom. The molecule has 1 fully saturated rings. The normalized spacial score (nSPS) is 28.8. The fourth-order valence-corrected chi connectivity index (χ4v) is 4.28. The Balaban J connectivity index is 1.78. The van der Waals surface area contributed by atoms with E-state index >= 15 is 0 Å². The van der Waals surface area contributed by atoms with Gasteiger partial charge in [-0.2, -0.15) is 0 Å². The summed E-state index contributed by atoms with van der Waals surface area (Å²) in [5.41, 5.74) is 2.65. The molecule has 146 valence electrons. The maximum atomic E-state index is 10.6. The van der Waals surface area contributed by atoms with Gasteiger partial charge in [-0.15, -0.1) is 0 Å². The second-order valence-electron chi connectivity index (χ2n) is 8.17. The van der Waals surface area contributed by atoms with Crippen LogP contribution in [0, 0.1) is 17.8 Å². The molecule has 26 heavy (non-hydrogen) atoms. The monoisotopic (exact) mass is 362 g/mol. The van der Waals surface area contributed by atoms with Crippen molar-refractivity contribution in [3.63, 3.8) is 0 Å². The van der Waals surface area contributed by atoms with Crippen LogP contribution in [0.5, 0.6) is 0 Å². The highest BCUT2D eigenvalue weighted by Gasteiger charge is 2.43. The molecule has 1 unspecified atom stereocenters. The minimum absolute atomic E-state index is 0.170. The van der Waals surface area contributed by atoms with E-state index in [0.717, 1.165) is 32.1 Å². The quantitative estimate of drug-likeness (QED) is 0.401. The van der Waals surface area contributed by atoms with Crippen molar-refractivity contribution < 1.29 is 20.1 Å². The Hall–Kier alpha value is -1.39. The van der Waals surface area contributed by atoms with Crippen LogP contribution in [0.2, 0.25) is 0 Å². The SMILES string of the molecule is CC(C)=CCC(O)C/C=C/[C@H]1[C@H]2CC(CCCCC(=O)O)=C[C@H]2C[C@H]1O. The molecule has 0 aromatic rings. The molecule has 0 saturated heterocycles. The number of aliphatic hydroxyl groups is 2. The first-order valence-corrected chi connectivity index (χ1v) is 9.94. The Labute approximate surface area is 157 Å². The molecular formula is C22H34O4. The van der Waals surface area contributed by atoms with Crippen molar-refractivity contribution in [2.45, 2.75) is 77.4 Å². The van der Waals surface area contributed by atoms with Gasteiger partial charge in [0.05, 0.1) is 12.2 Å².